The lowest BCUT2D eigenvalue weighted by Gasteiger charge is -2.17. The van der Waals surface area contributed by atoms with E-state index in [0.717, 1.165) is 11.3 Å². The number of rotatable bonds is 9. The van der Waals surface area contributed by atoms with Gasteiger partial charge in [-0.2, -0.15) is 0 Å². The first-order valence-electron chi connectivity index (χ1n) is 8.37. The van der Waals surface area contributed by atoms with Crippen LogP contribution in [0.4, 0.5) is 11.4 Å². The van der Waals surface area contributed by atoms with Crippen molar-refractivity contribution >= 4 is 23.3 Å². The molecule has 0 aliphatic rings. The van der Waals surface area contributed by atoms with E-state index in [0.29, 0.717) is 18.8 Å². The number of quaternary nitrogens is 1. The van der Waals surface area contributed by atoms with Crippen molar-refractivity contribution in [3.05, 3.63) is 54.1 Å². The van der Waals surface area contributed by atoms with E-state index in [9.17, 15) is 19.8 Å². The Morgan fingerprint density at radius 1 is 1.15 bits per heavy atom. The summed E-state index contributed by atoms with van der Waals surface area (Å²) in [5, 5.41) is 27.9. The number of anilines is 2. The van der Waals surface area contributed by atoms with Crippen LogP contribution in [-0.4, -0.2) is 36.1 Å². The molecule has 0 aliphatic heterocycles. The van der Waals surface area contributed by atoms with E-state index in [1.165, 1.54) is 24.3 Å². The molecule has 1 amide bonds. The van der Waals surface area contributed by atoms with Crippen LogP contribution in [0, 0.1) is 6.92 Å². The van der Waals surface area contributed by atoms with Gasteiger partial charge in [-0.25, -0.2) is 0 Å². The number of benzene rings is 2. The van der Waals surface area contributed by atoms with Gasteiger partial charge in [-0.3, -0.25) is 4.79 Å². The second kappa shape index (κ2) is 9.43. The molecular formula is C19H23N3O4. The molecule has 0 bridgehead atoms. The highest BCUT2D eigenvalue weighted by Gasteiger charge is 2.18. The molecule has 0 unspecified atom stereocenters. The zero-order valence-corrected chi connectivity index (χ0v) is 14.6. The van der Waals surface area contributed by atoms with Gasteiger partial charge in [0.2, 0.25) is 5.91 Å². The van der Waals surface area contributed by atoms with Gasteiger partial charge in [-0.1, -0.05) is 12.1 Å². The number of nitrogens with two attached hydrogens (primary N) is 1. The molecule has 0 fully saturated rings. The average molecular weight is 357 g/mol. The topological polar surface area (TPSA) is 118 Å². The molecule has 0 saturated heterocycles. The number of aromatic hydroxyl groups is 1. The van der Waals surface area contributed by atoms with E-state index >= 15 is 0 Å². The fourth-order valence-corrected chi connectivity index (χ4v) is 2.48. The molecule has 26 heavy (non-hydrogen) atoms. The monoisotopic (exact) mass is 357 g/mol. The van der Waals surface area contributed by atoms with Gasteiger partial charge < -0.3 is 31.0 Å². The first-order valence-corrected chi connectivity index (χ1v) is 8.37. The Hall–Kier alpha value is -3.06. The van der Waals surface area contributed by atoms with Crippen molar-refractivity contribution in [2.45, 2.75) is 19.4 Å². The van der Waals surface area contributed by atoms with E-state index in [1.807, 2.05) is 31.2 Å². The van der Waals surface area contributed by atoms with Gasteiger partial charge in [0.15, 0.2) is 0 Å². The predicted octanol–water partition coefficient (Wildman–Crippen LogP) is -0.177. The Morgan fingerprint density at radius 2 is 1.88 bits per heavy atom. The molecule has 1 atom stereocenters. The maximum atomic E-state index is 12.0. The Bertz CT molecular complexity index is 747. The molecule has 5 N–H and O–H groups in total. The number of carboxylic acids is 1. The van der Waals surface area contributed by atoms with Crippen molar-refractivity contribution in [3.8, 4) is 5.75 Å². The van der Waals surface area contributed by atoms with E-state index in [2.05, 4.69) is 10.6 Å². The second-order valence-electron chi connectivity index (χ2n) is 6.05. The van der Waals surface area contributed by atoms with Crippen molar-refractivity contribution in [1.29, 1.82) is 0 Å². The Labute approximate surface area is 152 Å². The third kappa shape index (κ3) is 6.45. The molecule has 7 nitrogen and oxygen atoms in total. The highest BCUT2D eigenvalue weighted by atomic mass is 16.4. The minimum Gasteiger partial charge on any atom is -0.544 e. The number of hydrogen-bond donors (Lipinski definition) is 4. The standard InChI is InChI=1S/C19H23N3O4/c1-13-3-2-4-15(11-13)20-9-10-21-17(19(25)26)12-18(24)22-14-5-7-16(23)8-6-14/h2-8,11,17,20-21,23H,9-10,12H2,1H3,(H,22,24)(H,25,26)/t17-/m1/s1. The number of aliphatic carboxylic acids is 1. The lowest BCUT2D eigenvalue weighted by atomic mass is 10.2. The van der Waals surface area contributed by atoms with Crippen LogP contribution in [0.15, 0.2) is 48.5 Å². The Kier molecular flexibility index (Phi) is 6.99. The van der Waals surface area contributed by atoms with Crippen LogP contribution in [0.1, 0.15) is 12.0 Å². The zero-order valence-electron chi connectivity index (χ0n) is 14.6. The fourth-order valence-electron chi connectivity index (χ4n) is 2.48. The lowest BCUT2D eigenvalue weighted by Crippen LogP contribution is -2.94. The van der Waals surface area contributed by atoms with Crippen LogP contribution in [0.5, 0.6) is 5.75 Å². The van der Waals surface area contributed by atoms with Crippen molar-refractivity contribution < 1.29 is 25.1 Å². The molecule has 2 aromatic rings. The highest BCUT2D eigenvalue weighted by molar-refractivity contribution is 5.93. The zero-order chi connectivity index (χ0) is 18.9. The number of aryl methyl sites for hydroxylation is 1. The Balaban J connectivity index is 1.77. The number of carboxylic acid groups (broad SMARTS) is 1. The third-order valence-corrected chi connectivity index (χ3v) is 3.80. The summed E-state index contributed by atoms with van der Waals surface area (Å²) in [4.78, 5) is 23.3. The van der Waals surface area contributed by atoms with Crippen LogP contribution in [-0.2, 0) is 9.59 Å². The van der Waals surface area contributed by atoms with Crippen molar-refractivity contribution in [2.75, 3.05) is 23.7 Å². The second-order valence-corrected chi connectivity index (χ2v) is 6.05. The number of phenolic OH excluding ortho intramolecular Hbond substituents is 1. The van der Waals surface area contributed by atoms with Crippen LogP contribution in [0.2, 0.25) is 0 Å². The summed E-state index contributed by atoms with van der Waals surface area (Å²) in [6.07, 6.45) is -0.201. The predicted molar refractivity (Wildman–Crippen MR) is 96.6 cm³/mol. The van der Waals surface area contributed by atoms with E-state index in [-0.39, 0.29) is 12.2 Å². The third-order valence-electron chi connectivity index (χ3n) is 3.80. The SMILES string of the molecule is Cc1cccc(NCC[NH2+][C@H](CC(=O)Nc2ccc(O)cc2)C(=O)[O-])c1. The maximum Gasteiger partial charge on any atom is 0.230 e. The minimum atomic E-state index is -1.28. The summed E-state index contributed by atoms with van der Waals surface area (Å²) in [5.74, 6) is -1.61. The number of carbonyl (C=O) groups excluding carboxylic acids is 2. The number of carbonyl (C=O) groups is 2. The molecule has 2 rings (SSSR count). The summed E-state index contributed by atoms with van der Waals surface area (Å²) < 4.78 is 0. The number of hydrogen-bond acceptors (Lipinski definition) is 5. The molecule has 0 aliphatic carbocycles. The van der Waals surface area contributed by atoms with Crippen LogP contribution >= 0.6 is 0 Å². The molecule has 7 heteroatoms. The molecule has 0 heterocycles. The van der Waals surface area contributed by atoms with Gasteiger partial charge in [0.1, 0.15) is 11.8 Å². The quantitative estimate of drug-likeness (QED) is 0.367. The van der Waals surface area contributed by atoms with Gasteiger partial charge in [-0.15, -0.1) is 0 Å². The fraction of sp³-hybridized carbons (Fsp3) is 0.263. The van der Waals surface area contributed by atoms with Crippen molar-refractivity contribution in [2.24, 2.45) is 0 Å². The highest BCUT2D eigenvalue weighted by Crippen LogP contribution is 2.13. The smallest absolute Gasteiger partial charge is 0.230 e. The van der Waals surface area contributed by atoms with E-state index < -0.39 is 17.9 Å². The molecule has 138 valence electrons. The van der Waals surface area contributed by atoms with Crippen LogP contribution in [0.25, 0.3) is 0 Å². The summed E-state index contributed by atoms with van der Waals surface area (Å²) in [6.45, 7) is 3.04. The van der Waals surface area contributed by atoms with Crippen molar-refractivity contribution in [3.63, 3.8) is 0 Å². The summed E-state index contributed by atoms with van der Waals surface area (Å²) in [5.41, 5.74) is 2.59. The number of amides is 1. The molecule has 0 saturated carbocycles. The summed E-state index contributed by atoms with van der Waals surface area (Å²) >= 11 is 0. The number of phenols is 1. The first kappa shape index (κ1) is 19.3. The van der Waals surface area contributed by atoms with Crippen molar-refractivity contribution in [1.82, 2.24) is 0 Å². The minimum absolute atomic E-state index is 0.0880. The van der Waals surface area contributed by atoms with Gasteiger partial charge in [0, 0.05) is 11.4 Å². The number of nitrogens with one attached hydrogen (secondary N) is 2. The molecule has 0 aromatic heterocycles. The molecular weight excluding hydrogens is 334 g/mol. The average Bonchev–Trinajstić information content (AvgIpc) is 2.59. The molecule has 2 aromatic carbocycles. The largest absolute Gasteiger partial charge is 0.544 e. The van der Waals surface area contributed by atoms with Gasteiger partial charge in [-0.05, 0) is 48.9 Å². The van der Waals surface area contributed by atoms with Gasteiger partial charge in [0.05, 0.1) is 25.5 Å². The Morgan fingerprint density at radius 3 is 2.54 bits per heavy atom. The van der Waals surface area contributed by atoms with Crippen LogP contribution in [0.3, 0.4) is 0 Å². The first-order chi connectivity index (χ1) is 12.4. The lowest BCUT2D eigenvalue weighted by molar-refractivity contribution is -0.680. The van der Waals surface area contributed by atoms with E-state index in [4.69, 9.17) is 0 Å². The normalized spacial score (nSPS) is 11.6. The molecule has 0 spiro atoms. The van der Waals surface area contributed by atoms with Gasteiger partial charge in [0.25, 0.3) is 0 Å². The summed E-state index contributed by atoms with van der Waals surface area (Å²) in [7, 11) is 0. The summed E-state index contributed by atoms with van der Waals surface area (Å²) in [6, 6.07) is 12.9. The van der Waals surface area contributed by atoms with Gasteiger partial charge >= 0.3 is 0 Å². The maximum absolute atomic E-state index is 12.0. The van der Waals surface area contributed by atoms with Crippen LogP contribution < -0.4 is 21.1 Å². The van der Waals surface area contributed by atoms with E-state index in [1.54, 1.807) is 5.32 Å². The molecule has 0 radical (unpaired) electrons.